The molecule has 0 aliphatic rings. The zero-order valence-corrected chi connectivity index (χ0v) is 19.3. The van der Waals surface area contributed by atoms with Crippen molar-refractivity contribution in [3.63, 3.8) is 0 Å². The minimum Gasteiger partial charge on any atom is -0.368 e. The maximum atomic E-state index is 5.89. The third-order valence-electron chi connectivity index (χ3n) is 5.24. The van der Waals surface area contributed by atoms with E-state index in [1.54, 1.807) is 4.90 Å². The van der Waals surface area contributed by atoms with Gasteiger partial charge in [-0.3, -0.25) is 4.57 Å². The first-order valence-electron chi connectivity index (χ1n) is 10.4. The lowest BCUT2D eigenvalue weighted by molar-refractivity contribution is 0.874. The fourth-order valence-corrected chi connectivity index (χ4v) is 4.44. The number of rotatable bonds is 6. The number of aromatic amines is 1. The van der Waals surface area contributed by atoms with E-state index in [0.29, 0.717) is 17.5 Å². The fourth-order valence-electron chi connectivity index (χ4n) is 3.64. The monoisotopic (exact) mass is 457 g/mol. The van der Waals surface area contributed by atoms with E-state index in [2.05, 4.69) is 65.9 Å². The SMILES string of the molecule is Cc1ccccc1-n1c(SCc2nc(N)nc(N(C)C)n2)nnc1-c1c[nH]c2ccccc12. The molecule has 0 saturated carbocycles. The summed E-state index contributed by atoms with van der Waals surface area (Å²) in [5, 5.41) is 11.0. The molecule has 0 amide bonds. The van der Waals surface area contributed by atoms with Gasteiger partial charge in [0.25, 0.3) is 0 Å². The van der Waals surface area contributed by atoms with Crippen LogP contribution in [0.2, 0.25) is 0 Å². The lowest BCUT2D eigenvalue weighted by Gasteiger charge is -2.13. The van der Waals surface area contributed by atoms with Gasteiger partial charge < -0.3 is 15.6 Å². The number of anilines is 2. The first-order valence-corrected chi connectivity index (χ1v) is 11.4. The number of nitrogens with zero attached hydrogens (tertiary/aromatic N) is 7. The second kappa shape index (κ2) is 8.55. The Balaban J connectivity index is 1.58. The Morgan fingerprint density at radius 3 is 2.61 bits per heavy atom. The van der Waals surface area contributed by atoms with Gasteiger partial charge in [0.15, 0.2) is 11.0 Å². The molecule has 0 unspecified atom stereocenters. The second-order valence-corrected chi connectivity index (χ2v) is 8.71. The molecule has 3 heterocycles. The Kier molecular flexibility index (Phi) is 5.43. The molecule has 3 aromatic heterocycles. The van der Waals surface area contributed by atoms with Crippen molar-refractivity contribution < 1.29 is 0 Å². The van der Waals surface area contributed by atoms with E-state index >= 15 is 0 Å². The Morgan fingerprint density at radius 1 is 1.00 bits per heavy atom. The van der Waals surface area contributed by atoms with Crippen molar-refractivity contribution >= 4 is 34.6 Å². The van der Waals surface area contributed by atoms with E-state index in [9.17, 15) is 0 Å². The van der Waals surface area contributed by atoms with Crippen molar-refractivity contribution in [3.8, 4) is 17.1 Å². The minimum absolute atomic E-state index is 0.198. The van der Waals surface area contributed by atoms with Gasteiger partial charge in [-0.25, -0.2) is 0 Å². The zero-order valence-electron chi connectivity index (χ0n) is 18.5. The normalized spacial score (nSPS) is 11.2. The summed E-state index contributed by atoms with van der Waals surface area (Å²) in [5.41, 5.74) is 10.1. The molecule has 33 heavy (non-hydrogen) atoms. The highest BCUT2D eigenvalue weighted by Gasteiger charge is 2.20. The molecule has 0 aliphatic heterocycles. The average Bonchev–Trinajstić information content (AvgIpc) is 3.41. The summed E-state index contributed by atoms with van der Waals surface area (Å²) < 4.78 is 2.09. The maximum Gasteiger partial charge on any atom is 0.229 e. The third kappa shape index (κ3) is 4.00. The summed E-state index contributed by atoms with van der Waals surface area (Å²) in [6.45, 7) is 2.08. The Bertz CT molecular complexity index is 1440. The van der Waals surface area contributed by atoms with Crippen LogP contribution in [0.15, 0.2) is 59.9 Å². The summed E-state index contributed by atoms with van der Waals surface area (Å²) in [7, 11) is 3.74. The summed E-state index contributed by atoms with van der Waals surface area (Å²) >= 11 is 1.51. The summed E-state index contributed by atoms with van der Waals surface area (Å²) in [6.07, 6.45) is 1.98. The predicted molar refractivity (Wildman–Crippen MR) is 132 cm³/mol. The molecule has 3 N–H and O–H groups in total. The lowest BCUT2D eigenvalue weighted by Crippen LogP contribution is -2.16. The largest absolute Gasteiger partial charge is 0.368 e. The summed E-state index contributed by atoms with van der Waals surface area (Å²) in [6, 6.07) is 16.4. The van der Waals surface area contributed by atoms with Gasteiger partial charge in [-0.2, -0.15) is 15.0 Å². The molecular formula is C23H23N9S. The van der Waals surface area contributed by atoms with Crippen LogP contribution in [0.25, 0.3) is 28.0 Å². The van der Waals surface area contributed by atoms with Gasteiger partial charge in [0, 0.05) is 36.8 Å². The first-order chi connectivity index (χ1) is 16.0. The Morgan fingerprint density at radius 2 is 1.79 bits per heavy atom. The molecule has 0 bridgehead atoms. The molecule has 10 heteroatoms. The van der Waals surface area contributed by atoms with Crippen LogP contribution in [0.1, 0.15) is 11.4 Å². The number of nitrogens with two attached hydrogens (primary N) is 1. The van der Waals surface area contributed by atoms with Crippen LogP contribution in [0.3, 0.4) is 0 Å². The molecule has 5 rings (SSSR count). The number of nitrogens with one attached hydrogen (secondary N) is 1. The van der Waals surface area contributed by atoms with E-state index in [4.69, 9.17) is 5.73 Å². The van der Waals surface area contributed by atoms with E-state index in [0.717, 1.165) is 38.7 Å². The smallest absolute Gasteiger partial charge is 0.229 e. The molecule has 9 nitrogen and oxygen atoms in total. The highest BCUT2D eigenvalue weighted by molar-refractivity contribution is 7.98. The number of thioether (sulfide) groups is 1. The van der Waals surface area contributed by atoms with Gasteiger partial charge in [-0.15, -0.1) is 10.2 Å². The molecule has 166 valence electrons. The molecule has 5 aromatic rings. The highest BCUT2D eigenvalue weighted by Crippen LogP contribution is 2.34. The van der Waals surface area contributed by atoms with Crippen LogP contribution in [0.5, 0.6) is 0 Å². The molecule has 0 radical (unpaired) electrons. The van der Waals surface area contributed by atoms with E-state index in [1.807, 2.05) is 44.6 Å². The minimum atomic E-state index is 0.198. The lowest BCUT2D eigenvalue weighted by atomic mass is 10.1. The Labute approximate surface area is 195 Å². The number of nitrogen functional groups attached to an aromatic ring is 1. The van der Waals surface area contributed by atoms with Crippen molar-refractivity contribution in [2.24, 2.45) is 0 Å². The number of H-pyrrole nitrogens is 1. The molecule has 0 atom stereocenters. The molecule has 0 spiro atoms. The molecule has 0 fully saturated rings. The van der Waals surface area contributed by atoms with Gasteiger partial charge in [0.2, 0.25) is 11.9 Å². The van der Waals surface area contributed by atoms with Crippen LogP contribution in [-0.2, 0) is 5.75 Å². The van der Waals surface area contributed by atoms with Crippen molar-refractivity contribution in [3.05, 3.63) is 66.1 Å². The van der Waals surface area contributed by atoms with Gasteiger partial charge in [0.1, 0.15) is 5.82 Å². The Hall–Kier alpha value is -3.92. The van der Waals surface area contributed by atoms with Crippen LogP contribution >= 0.6 is 11.8 Å². The van der Waals surface area contributed by atoms with Gasteiger partial charge in [-0.05, 0) is 24.6 Å². The van der Waals surface area contributed by atoms with Gasteiger partial charge >= 0.3 is 0 Å². The fraction of sp³-hybridized carbons (Fsp3) is 0.174. The van der Waals surface area contributed by atoms with Gasteiger partial charge in [0.05, 0.1) is 11.4 Å². The number of fused-ring (bicyclic) bond motifs is 1. The van der Waals surface area contributed by atoms with Crippen molar-refractivity contribution in [1.82, 2.24) is 34.7 Å². The molecule has 2 aromatic carbocycles. The van der Waals surface area contributed by atoms with Crippen molar-refractivity contribution in [2.75, 3.05) is 24.7 Å². The average molecular weight is 458 g/mol. The third-order valence-corrected chi connectivity index (χ3v) is 6.16. The number of benzene rings is 2. The standard InChI is InChI=1S/C23H23N9S/c1-14-8-4-7-11-18(14)32-20(16-12-25-17-10-6-5-9-15(16)17)29-30-23(32)33-13-19-26-21(24)28-22(27-19)31(2)3/h4-12,25H,13H2,1-3H3,(H2,24,26,27,28). The quantitative estimate of drug-likeness (QED) is 0.370. The number of hydrogen-bond donors (Lipinski definition) is 2. The molecular weight excluding hydrogens is 434 g/mol. The number of aryl methyl sites for hydroxylation is 1. The van der Waals surface area contributed by atoms with E-state index < -0.39 is 0 Å². The maximum absolute atomic E-state index is 5.89. The van der Waals surface area contributed by atoms with Crippen molar-refractivity contribution in [2.45, 2.75) is 17.8 Å². The number of hydrogen-bond acceptors (Lipinski definition) is 8. The zero-order chi connectivity index (χ0) is 22.9. The topological polar surface area (TPSA) is 114 Å². The van der Waals surface area contributed by atoms with Crippen molar-refractivity contribution in [1.29, 1.82) is 0 Å². The number of para-hydroxylation sites is 2. The van der Waals surface area contributed by atoms with Gasteiger partial charge in [-0.1, -0.05) is 48.2 Å². The van der Waals surface area contributed by atoms with E-state index in [-0.39, 0.29) is 5.95 Å². The van der Waals surface area contributed by atoms with Crippen LogP contribution in [0, 0.1) is 6.92 Å². The molecule has 0 saturated heterocycles. The van der Waals surface area contributed by atoms with Crippen LogP contribution < -0.4 is 10.6 Å². The van der Waals surface area contributed by atoms with Crippen LogP contribution in [0.4, 0.5) is 11.9 Å². The van der Waals surface area contributed by atoms with Crippen LogP contribution in [-0.4, -0.2) is 48.8 Å². The second-order valence-electron chi connectivity index (χ2n) is 7.77. The highest BCUT2D eigenvalue weighted by atomic mass is 32.2. The summed E-state index contributed by atoms with van der Waals surface area (Å²) in [5.74, 6) is 2.56. The predicted octanol–water partition coefficient (Wildman–Crippen LogP) is 3.85. The van der Waals surface area contributed by atoms with E-state index in [1.165, 1.54) is 11.8 Å². The first kappa shape index (κ1) is 21.0. The molecule has 0 aliphatic carbocycles. The number of aromatic nitrogens is 7. The summed E-state index contributed by atoms with van der Waals surface area (Å²) in [4.78, 5) is 18.1.